The number of furan rings is 1. The number of benzene rings is 1. The van der Waals surface area contributed by atoms with Gasteiger partial charge in [-0.3, -0.25) is 4.79 Å². The highest BCUT2D eigenvalue weighted by Crippen LogP contribution is 2.25. The minimum atomic E-state index is -0.492. The Morgan fingerprint density at radius 3 is 2.48 bits per heavy atom. The molecule has 3 aromatic rings. The third-order valence-electron chi connectivity index (χ3n) is 5.49. The van der Waals surface area contributed by atoms with E-state index in [9.17, 15) is 9.59 Å². The van der Waals surface area contributed by atoms with Crippen LogP contribution in [0.15, 0.2) is 59.2 Å². The van der Waals surface area contributed by atoms with Crippen molar-refractivity contribution in [2.24, 2.45) is 0 Å². The lowest BCUT2D eigenvalue weighted by Crippen LogP contribution is -2.49. The first-order chi connectivity index (χ1) is 15.1. The summed E-state index contributed by atoms with van der Waals surface area (Å²) in [6, 6.07) is 14.9. The van der Waals surface area contributed by atoms with Gasteiger partial charge in [0, 0.05) is 37.9 Å². The van der Waals surface area contributed by atoms with Crippen LogP contribution in [0.4, 0.5) is 5.69 Å². The number of hydrogen-bond acceptors (Lipinski definition) is 6. The largest absolute Gasteiger partial charge is 0.497 e. The van der Waals surface area contributed by atoms with Crippen LogP contribution in [0.25, 0.3) is 11.5 Å². The maximum Gasteiger partial charge on any atom is 0.354 e. The first-order valence-electron chi connectivity index (χ1n) is 10.1. The number of anilines is 1. The zero-order chi connectivity index (χ0) is 21.8. The molecule has 8 nitrogen and oxygen atoms in total. The van der Waals surface area contributed by atoms with Crippen molar-refractivity contribution in [1.82, 2.24) is 9.47 Å². The third-order valence-corrected chi connectivity index (χ3v) is 5.49. The molecule has 8 heteroatoms. The van der Waals surface area contributed by atoms with Gasteiger partial charge in [-0.05, 0) is 36.4 Å². The van der Waals surface area contributed by atoms with Crippen LogP contribution in [-0.4, -0.2) is 61.7 Å². The molecule has 1 aromatic carbocycles. The average molecular weight is 423 g/mol. The summed E-state index contributed by atoms with van der Waals surface area (Å²) >= 11 is 0. The summed E-state index contributed by atoms with van der Waals surface area (Å²) in [6.07, 6.45) is 1.56. The molecular weight excluding hydrogens is 398 g/mol. The molecule has 0 spiro atoms. The lowest BCUT2D eigenvalue weighted by Gasteiger charge is -2.36. The topological polar surface area (TPSA) is 77.1 Å². The van der Waals surface area contributed by atoms with E-state index in [1.54, 1.807) is 42.2 Å². The van der Waals surface area contributed by atoms with Crippen molar-refractivity contribution < 1.29 is 23.5 Å². The van der Waals surface area contributed by atoms with E-state index in [1.807, 2.05) is 29.2 Å². The number of ether oxygens (including phenoxy) is 2. The predicted molar refractivity (Wildman–Crippen MR) is 115 cm³/mol. The van der Waals surface area contributed by atoms with E-state index < -0.39 is 5.97 Å². The summed E-state index contributed by atoms with van der Waals surface area (Å²) in [4.78, 5) is 29.3. The molecule has 0 atom stereocenters. The van der Waals surface area contributed by atoms with Gasteiger partial charge in [0.1, 0.15) is 23.7 Å². The fourth-order valence-corrected chi connectivity index (χ4v) is 3.82. The lowest BCUT2D eigenvalue weighted by atomic mass is 10.2. The second-order valence-electron chi connectivity index (χ2n) is 7.23. The molecule has 1 aliphatic rings. The van der Waals surface area contributed by atoms with Crippen LogP contribution in [-0.2, 0) is 16.1 Å². The first-order valence-corrected chi connectivity index (χ1v) is 10.1. The minimum absolute atomic E-state index is 0.0344. The SMILES string of the molecule is COC(=O)c1ccc(-c2ccco2)n1CC(=O)N1CCN(c2cccc(OC)c2)CC1. The molecule has 4 rings (SSSR count). The van der Waals surface area contributed by atoms with E-state index in [0.29, 0.717) is 30.2 Å². The molecule has 0 unspecified atom stereocenters. The molecule has 0 bridgehead atoms. The van der Waals surface area contributed by atoms with Crippen molar-refractivity contribution in [2.75, 3.05) is 45.3 Å². The Bertz CT molecular complexity index is 1050. The molecule has 31 heavy (non-hydrogen) atoms. The van der Waals surface area contributed by atoms with Crippen LogP contribution in [0.3, 0.4) is 0 Å². The summed E-state index contributed by atoms with van der Waals surface area (Å²) in [7, 11) is 2.97. The van der Waals surface area contributed by atoms with Crippen molar-refractivity contribution in [3.8, 4) is 17.2 Å². The van der Waals surface area contributed by atoms with E-state index in [2.05, 4.69) is 4.90 Å². The number of carbonyl (C=O) groups is 2. The highest BCUT2D eigenvalue weighted by Gasteiger charge is 2.25. The number of carbonyl (C=O) groups excluding carboxylic acids is 2. The van der Waals surface area contributed by atoms with Crippen molar-refractivity contribution in [1.29, 1.82) is 0 Å². The Morgan fingerprint density at radius 2 is 1.81 bits per heavy atom. The molecule has 1 fully saturated rings. The van der Waals surface area contributed by atoms with Crippen molar-refractivity contribution in [3.05, 3.63) is 60.5 Å². The number of amides is 1. The molecule has 162 valence electrons. The number of rotatable bonds is 6. The van der Waals surface area contributed by atoms with E-state index in [1.165, 1.54) is 7.11 Å². The Labute approximate surface area is 180 Å². The number of hydrogen-bond donors (Lipinski definition) is 0. The summed E-state index contributed by atoms with van der Waals surface area (Å²) in [5, 5.41) is 0. The molecule has 1 amide bonds. The summed E-state index contributed by atoms with van der Waals surface area (Å²) < 4.78 is 17.3. The second kappa shape index (κ2) is 8.99. The lowest BCUT2D eigenvalue weighted by molar-refractivity contribution is -0.132. The van der Waals surface area contributed by atoms with Gasteiger partial charge in [0.25, 0.3) is 0 Å². The van der Waals surface area contributed by atoms with Crippen LogP contribution in [0.5, 0.6) is 5.75 Å². The Morgan fingerprint density at radius 1 is 1.00 bits per heavy atom. The number of nitrogens with zero attached hydrogens (tertiary/aromatic N) is 3. The maximum absolute atomic E-state index is 13.1. The first kappa shape index (κ1) is 20.6. The Balaban J connectivity index is 1.47. The van der Waals surface area contributed by atoms with Gasteiger partial charge in [0.15, 0.2) is 0 Å². The van der Waals surface area contributed by atoms with E-state index in [0.717, 1.165) is 24.5 Å². The number of esters is 1. The van der Waals surface area contributed by atoms with Gasteiger partial charge >= 0.3 is 5.97 Å². The van der Waals surface area contributed by atoms with Gasteiger partial charge in [-0.15, -0.1) is 0 Å². The molecule has 2 aromatic heterocycles. The molecule has 0 saturated carbocycles. The number of piperazine rings is 1. The molecule has 0 aliphatic carbocycles. The van der Waals surface area contributed by atoms with Crippen LogP contribution >= 0.6 is 0 Å². The average Bonchev–Trinajstić information content (AvgIpc) is 3.48. The van der Waals surface area contributed by atoms with Crippen molar-refractivity contribution in [3.63, 3.8) is 0 Å². The van der Waals surface area contributed by atoms with Crippen LogP contribution < -0.4 is 9.64 Å². The minimum Gasteiger partial charge on any atom is -0.497 e. The predicted octanol–water partition coefficient (Wildman–Crippen LogP) is 2.89. The summed E-state index contributed by atoms with van der Waals surface area (Å²) in [5.41, 5.74) is 2.05. The fraction of sp³-hybridized carbons (Fsp3) is 0.304. The molecule has 3 heterocycles. The van der Waals surface area contributed by atoms with Crippen LogP contribution in [0, 0.1) is 0 Å². The van der Waals surface area contributed by atoms with Gasteiger partial charge in [0.05, 0.1) is 26.2 Å². The monoisotopic (exact) mass is 423 g/mol. The maximum atomic E-state index is 13.1. The van der Waals surface area contributed by atoms with Crippen LogP contribution in [0.1, 0.15) is 10.5 Å². The standard InChI is InChI=1S/C23H25N3O5/c1-29-18-6-3-5-17(15-18)24-10-12-25(13-11-24)22(27)16-26-19(21-7-4-14-31-21)8-9-20(26)23(28)30-2/h3-9,14-15H,10-13,16H2,1-2H3. The van der Waals surface area contributed by atoms with Crippen LogP contribution in [0.2, 0.25) is 0 Å². The summed E-state index contributed by atoms with van der Waals surface area (Å²) in [5.74, 6) is 0.850. The van der Waals surface area contributed by atoms with E-state index >= 15 is 0 Å². The number of methoxy groups -OCH3 is 2. The second-order valence-corrected chi connectivity index (χ2v) is 7.23. The van der Waals surface area contributed by atoms with Gasteiger partial charge < -0.3 is 28.3 Å². The molecule has 0 radical (unpaired) electrons. The van der Waals surface area contributed by atoms with Gasteiger partial charge in [-0.2, -0.15) is 0 Å². The zero-order valence-electron chi connectivity index (χ0n) is 17.6. The van der Waals surface area contributed by atoms with Gasteiger partial charge in [-0.25, -0.2) is 4.79 Å². The van der Waals surface area contributed by atoms with Gasteiger partial charge in [-0.1, -0.05) is 6.07 Å². The zero-order valence-corrected chi connectivity index (χ0v) is 17.6. The Kier molecular flexibility index (Phi) is 5.97. The Hall–Kier alpha value is -3.68. The normalized spacial score (nSPS) is 13.9. The van der Waals surface area contributed by atoms with Crippen molar-refractivity contribution in [2.45, 2.75) is 6.54 Å². The van der Waals surface area contributed by atoms with Gasteiger partial charge in [0.2, 0.25) is 5.91 Å². The quantitative estimate of drug-likeness (QED) is 0.568. The number of aromatic nitrogens is 1. The third kappa shape index (κ3) is 4.28. The molecular formula is C23H25N3O5. The fourth-order valence-electron chi connectivity index (χ4n) is 3.82. The summed E-state index contributed by atoms with van der Waals surface area (Å²) in [6.45, 7) is 2.67. The molecule has 1 saturated heterocycles. The van der Waals surface area contributed by atoms with Crippen molar-refractivity contribution >= 4 is 17.6 Å². The smallest absolute Gasteiger partial charge is 0.354 e. The molecule has 1 aliphatic heterocycles. The van der Waals surface area contributed by atoms with E-state index in [4.69, 9.17) is 13.9 Å². The molecule has 0 N–H and O–H groups in total. The highest BCUT2D eigenvalue weighted by atomic mass is 16.5. The highest BCUT2D eigenvalue weighted by molar-refractivity contribution is 5.90. The van der Waals surface area contributed by atoms with E-state index in [-0.39, 0.29) is 12.5 Å².